The molecule has 0 fully saturated rings. The fourth-order valence-electron chi connectivity index (χ4n) is 1.21. The van der Waals surface area contributed by atoms with Gasteiger partial charge in [0, 0.05) is 11.6 Å². The number of nitrogens with one attached hydrogen (secondary N) is 2. The highest BCUT2D eigenvalue weighted by Gasteiger charge is 2.20. The molecule has 9 heteroatoms. The van der Waals surface area contributed by atoms with Crippen molar-refractivity contribution >= 4 is 10.0 Å². The molecule has 0 aromatic carbocycles. The van der Waals surface area contributed by atoms with Crippen molar-refractivity contribution in [2.45, 2.75) is 18.2 Å². The molecule has 2 aromatic rings. The molecule has 0 radical (unpaired) electrons. The van der Waals surface area contributed by atoms with Crippen molar-refractivity contribution in [1.29, 1.82) is 0 Å². The van der Waals surface area contributed by atoms with Crippen molar-refractivity contribution in [2.24, 2.45) is 0 Å². The smallest absolute Gasteiger partial charge is 0.258 e. The average molecular weight is 258 g/mol. The Bertz CT molecular complexity index is 574. The van der Waals surface area contributed by atoms with Gasteiger partial charge in [0.2, 0.25) is 0 Å². The summed E-state index contributed by atoms with van der Waals surface area (Å²) in [5.41, 5.74) is 0.663. The molecule has 8 nitrogen and oxygen atoms in total. The molecule has 0 aliphatic heterocycles. The number of aromatic nitrogens is 3. The molecule has 0 amide bonds. The third-order valence-corrected chi connectivity index (χ3v) is 3.47. The van der Waals surface area contributed by atoms with Crippen molar-refractivity contribution in [3.8, 4) is 0 Å². The van der Waals surface area contributed by atoms with Crippen molar-refractivity contribution in [1.82, 2.24) is 20.1 Å². The van der Waals surface area contributed by atoms with Crippen LogP contribution in [0.25, 0.3) is 0 Å². The largest absolute Gasteiger partial charge is 0.392 e. The molecule has 3 N–H and O–H groups in total. The van der Waals surface area contributed by atoms with Gasteiger partial charge in [-0.05, 0) is 0 Å². The number of aliphatic hydroxyl groups is 1. The number of sulfonamides is 1. The van der Waals surface area contributed by atoms with Gasteiger partial charge in [-0.3, -0.25) is 5.10 Å². The van der Waals surface area contributed by atoms with Crippen molar-refractivity contribution < 1.29 is 18.0 Å². The molecule has 92 valence electrons. The third kappa shape index (κ3) is 2.52. The molecular weight excluding hydrogens is 248 g/mol. The molecule has 0 unspecified atom stereocenters. The number of nitrogens with zero attached hydrogens (tertiary/aromatic N) is 2. The van der Waals surface area contributed by atoms with Gasteiger partial charge in [0.1, 0.15) is 6.26 Å². The van der Waals surface area contributed by atoms with E-state index in [1.165, 1.54) is 12.5 Å². The monoisotopic (exact) mass is 258 g/mol. The summed E-state index contributed by atoms with van der Waals surface area (Å²) in [6.45, 7) is -0.403. The van der Waals surface area contributed by atoms with Crippen LogP contribution >= 0.6 is 0 Å². The number of H-pyrrole nitrogens is 1. The maximum absolute atomic E-state index is 11.8. The van der Waals surface area contributed by atoms with E-state index in [1.807, 2.05) is 0 Å². The standard InChI is InChI=1S/C8H10N4O4S/c13-5-6-3-9-11-8(6)17(14,15)10-4-7-1-2-16-12-7/h1-3,10,13H,4-5H2,(H,9,11). The number of hydrogen-bond acceptors (Lipinski definition) is 6. The van der Waals surface area contributed by atoms with Crippen LogP contribution in [0.1, 0.15) is 11.3 Å². The maximum Gasteiger partial charge on any atom is 0.258 e. The second-order valence-corrected chi connectivity index (χ2v) is 4.90. The first-order valence-corrected chi connectivity index (χ1v) is 6.14. The average Bonchev–Trinajstić information content (AvgIpc) is 2.97. The summed E-state index contributed by atoms with van der Waals surface area (Å²) in [6, 6.07) is 1.54. The first-order chi connectivity index (χ1) is 8.13. The highest BCUT2D eigenvalue weighted by molar-refractivity contribution is 7.89. The normalized spacial score (nSPS) is 11.8. The van der Waals surface area contributed by atoms with Gasteiger partial charge in [0.05, 0.1) is 25.0 Å². The Morgan fingerprint density at radius 1 is 1.53 bits per heavy atom. The van der Waals surface area contributed by atoms with Crippen molar-refractivity contribution in [3.05, 3.63) is 29.8 Å². The lowest BCUT2D eigenvalue weighted by atomic mass is 10.4. The topological polar surface area (TPSA) is 121 Å². The summed E-state index contributed by atoms with van der Waals surface area (Å²) >= 11 is 0. The summed E-state index contributed by atoms with van der Waals surface area (Å²) in [5.74, 6) is 0. The molecule has 0 bridgehead atoms. The van der Waals surface area contributed by atoms with Crippen LogP contribution in [0.2, 0.25) is 0 Å². The lowest BCUT2D eigenvalue weighted by molar-refractivity contribution is 0.278. The molecule has 2 aromatic heterocycles. The van der Waals surface area contributed by atoms with E-state index in [2.05, 4.69) is 24.6 Å². The Balaban J connectivity index is 2.14. The minimum Gasteiger partial charge on any atom is -0.392 e. The molecular formula is C8H10N4O4S. The Morgan fingerprint density at radius 2 is 2.35 bits per heavy atom. The minimum absolute atomic E-state index is 0.00270. The van der Waals surface area contributed by atoms with Crippen LogP contribution in [0, 0.1) is 0 Å². The zero-order valence-corrected chi connectivity index (χ0v) is 9.44. The quantitative estimate of drug-likeness (QED) is 0.656. The van der Waals surface area contributed by atoms with Gasteiger partial charge >= 0.3 is 0 Å². The molecule has 0 atom stereocenters. The van der Waals surface area contributed by atoms with E-state index in [1.54, 1.807) is 6.07 Å². The van der Waals surface area contributed by atoms with Crippen LogP contribution in [0.5, 0.6) is 0 Å². The fraction of sp³-hybridized carbons (Fsp3) is 0.250. The van der Waals surface area contributed by atoms with Gasteiger partial charge in [0.25, 0.3) is 10.0 Å². The SMILES string of the molecule is O=S(=O)(NCc1ccon1)c1[nH]ncc1CO. The summed E-state index contributed by atoms with van der Waals surface area (Å²) < 4.78 is 30.5. The van der Waals surface area contributed by atoms with E-state index in [9.17, 15) is 8.42 Å². The summed E-state index contributed by atoms with van der Waals surface area (Å²) in [4.78, 5) is 0. The molecule has 2 heterocycles. The van der Waals surface area contributed by atoms with Crippen LogP contribution in [0.3, 0.4) is 0 Å². The lowest BCUT2D eigenvalue weighted by Crippen LogP contribution is -2.24. The maximum atomic E-state index is 11.8. The minimum atomic E-state index is -3.75. The van der Waals surface area contributed by atoms with Gasteiger partial charge in [-0.15, -0.1) is 0 Å². The van der Waals surface area contributed by atoms with Gasteiger partial charge in [0.15, 0.2) is 5.03 Å². The summed E-state index contributed by atoms with van der Waals surface area (Å²) in [6.07, 6.45) is 2.60. The van der Waals surface area contributed by atoms with Gasteiger partial charge in [-0.25, -0.2) is 13.1 Å². The number of aromatic amines is 1. The Kier molecular flexibility index (Phi) is 3.22. The molecule has 0 saturated carbocycles. The predicted molar refractivity (Wildman–Crippen MR) is 55.0 cm³/mol. The first-order valence-electron chi connectivity index (χ1n) is 4.65. The molecule has 0 spiro atoms. The number of aliphatic hydroxyl groups excluding tert-OH is 1. The first kappa shape index (κ1) is 11.8. The highest BCUT2D eigenvalue weighted by atomic mass is 32.2. The zero-order chi connectivity index (χ0) is 12.3. The Morgan fingerprint density at radius 3 is 3.00 bits per heavy atom. The van der Waals surface area contributed by atoms with Crippen LogP contribution in [0.15, 0.2) is 28.1 Å². The van der Waals surface area contributed by atoms with Crippen LogP contribution in [-0.2, 0) is 23.2 Å². The Hall–Kier alpha value is -1.71. The van der Waals surface area contributed by atoms with E-state index in [-0.39, 0.29) is 17.1 Å². The van der Waals surface area contributed by atoms with Gasteiger partial charge in [-0.1, -0.05) is 5.16 Å². The highest BCUT2D eigenvalue weighted by Crippen LogP contribution is 2.11. The Labute approximate surface area is 96.7 Å². The summed E-state index contributed by atoms with van der Waals surface area (Å²) in [5, 5.41) is 18.2. The van der Waals surface area contributed by atoms with E-state index < -0.39 is 16.6 Å². The van der Waals surface area contributed by atoms with Crippen LogP contribution in [0.4, 0.5) is 0 Å². The van der Waals surface area contributed by atoms with E-state index in [4.69, 9.17) is 5.11 Å². The molecule has 2 rings (SSSR count). The lowest BCUT2D eigenvalue weighted by Gasteiger charge is -2.03. The van der Waals surface area contributed by atoms with Gasteiger partial charge < -0.3 is 9.63 Å². The second-order valence-electron chi connectivity index (χ2n) is 3.20. The van der Waals surface area contributed by atoms with Crippen molar-refractivity contribution in [3.63, 3.8) is 0 Å². The van der Waals surface area contributed by atoms with Crippen LogP contribution < -0.4 is 4.72 Å². The predicted octanol–water partition coefficient (Wildman–Crippen LogP) is -0.632. The van der Waals surface area contributed by atoms with E-state index in [0.29, 0.717) is 5.69 Å². The zero-order valence-electron chi connectivity index (χ0n) is 8.62. The second kappa shape index (κ2) is 4.65. The molecule has 0 aliphatic rings. The third-order valence-electron chi connectivity index (χ3n) is 2.05. The van der Waals surface area contributed by atoms with Crippen molar-refractivity contribution in [2.75, 3.05) is 0 Å². The molecule has 0 aliphatic carbocycles. The fourth-order valence-corrected chi connectivity index (χ4v) is 2.33. The summed E-state index contributed by atoms with van der Waals surface area (Å²) in [7, 11) is -3.75. The van der Waals surface area contributed by atoms with E-state index in [0.717, 1.165) is 0 Å². The number of hydrogen-bond donors (Lipinski definition) is 3. The van der Waals surface area contributed by atoms with Crippen LogP contribution in [-0.4, -0.2) is 28.9 Å². The van der Waals surface area contributed by atoms with Gasteiger partial charge in [-0.2, -0.15) is 5.10 Å². The molecule has 0 saturated heterocycles. The molecule has 17 heavy (non-hydrogen) atoms. The number of rotatable bonds is 5. The van der Waals surface area contributed by atoms with E-state index >= 15 is 0 Å².